The van der Waals surface area contributed by atoms with Gasteiger partial charge in [-0.25, -0.2) is 4.98 Å². The van der Waals surface area contributed by atoms with Crippen molar-refractivity contribution in [1.82, 2.24) is 4.98 Å². The third kappa shape index (κ3) is 3.67. The minimum atomic E-state index is 0.00629. The summed E-state index contributed by atoms with van der Waals surface area (Å²) in [6.07, 6.45) is 0.468. The maximum atomic E-state index is 12.2. The molecule has 25 heavy (non-hydrogen) atoms. The van der Waals surface area contributed by atoms with Crippen molar-refractivity contribution in [2.24, 2.45) is 0 Å². The summed E-state index contributed by atoms with van der Waals surface area (Å²) in [5, 5.41) is 5.97. The Morgan fingerprint density at radius 3 is 2.68 bits per heavy atom. The van der Waals surface area contributed by atoms with Crippen LogP contribution in [-0.2, 0) is 4.79 Å². The van der Waals surface area contributed by atoms with E-state index in [2.05, 4.69) is 40.6 Å². The van der Waals surface area contributed by atoms with Crippen LogP contribution in [0.25, 0.3) is 21.0 Å². The zero-order valence-electron chi connectivity index (χ0n) is 13.4. The van der Waals surface area contributed by atoms with E-state index in [1.807, 2.05) is 36.4 Å². The summed E-state index contributed by atoms with van der Waals surface area (Å²) in [5.74, 6) is 0.760. The number of benzene rings is 3. The summed E-state index contributed by atoms with van der Waals surface area (Å²) in [6, 6.07) is 22.4. The van der Waals surface area contributed by atoms with Gasteiger partial charge in [0.05, 0.1) is 10.2 Å². The average Bonchev–Trinajstić information content (AvgIpc) is 3.05. The molecule has 3 aromatic carbocycles. The maximum Gasteiger partial charge on any atom is 0.226 e. The summed E-state index contributed by atoms with van der Waals surface area (Å²) >= 11 is 3.22. The first-order valence-corrected chi connectivity index (χ1v) is 9.86. The Labute approximate surface area is 154 Å². The topological polar surface area (TPSA) is 42.0 Å². The van der Waals surface area contributed by atoms with Gasteiger partial charge in [-0.2, -0.15) is 0 Å². The Hall–Kier alpha value is -2.37. The fourth-order valence-corrected chi connectivity index (χ4v) is 4.56. The van der Waals surface area contributed by atoms with Crippen LogP contribution in [0.1, 0.15) is 6.42 Å². The van der Waals surface area contributed by atoms with E-state index in [4.69, 9.17) is 0 Å². The minimum Gasteiger partial charge on any atom is -0.302 e. The molecular weight excluding hydrogens is 348 g/mol. The molecule has 5 heteroatoms. The lowest BCUT2D eigenvalue weighted by molar-refractivity contribution is -0.115. The van der Waals surface area contributed by atoms with Gasteiger partial charge in [0.2, 0.25) is 5.91 Å². The molecule has 4 aromatic rings. The molecule has 3 nitrogen and oxygen atoms in total. The second kappa shape index (κ2) is 7.25. The molecule has 0 bridgehead atoms. The van der Waals surface area contributed by atoms with Crippen LogP contribution in [0.2, 0.25) is 0 Å². The highest BCUT2D eigenvalue weighted by Crippen LogP contribution is 2.32. The number of carbonyl (C=O) groups is 1. The first-order chi connectivity index (χ1) is 12.3. The molecule has 0 aliphatic carbocycles. The van der Waals surface area contributed by atoms with E-state index in [1.165, 1.54) is 27.0 Å². The van der Waals surface area contributed by atoms with E-state index in [-0.39, 0.29) is 5.91 Å². The molecule has 0 unspecified atom stereocenters. The highest BCUT2D eigenvalue weighted by Gasteiger charge is 2.10. The number of amides is 1. The lowest BCUT2D eigenvalue weighted by atomic mass is 10.1. The third-order valence-corrected chi connectivity index (χ3v) is 5.90. The number of anilines is 1. The predicted molar refractivity (Wildman–Crippen MR) is 108 cm³/mol. The van der Waals surface area contributed by atoms with Gasteiger partial charge in [0.15, 0.2) is 5.13 Å². The molecule has 1 amide bonds. The van der Waals surface area contributed by atoms with Gasteiger partial charge in [-0.3, -0.25) is 4.79 Å². The number of nitrogens with one attached hydrogen (secondary N) is 1. The minimum absolute atomic E-state index is 0.00629. The van der Waals surface area contributed by atoms with Crippen LogP contribution in [0.4, 0.5) is 5.13 Å². The van der Waals surface area contributed by atoms with Crippen LogP contribution in [0, 0.1) is 0 Å². The van der Waals surface area contributed by atoms with Crippen LogP contribution in [-0.4, -0.2) is 16.6 Å². The number of carbonyl (C=O) groups excluding carboxylic acids is 1. The Kier molecular flexibility index (Phi) is 4.68. The number of aromatic nitrogens is 1. The van der Waals surface area contributed by atoms with Gasteiger partial charge in [-0.15, -0.1) is 11.8 Å². The highest BCUT2D eigenvalue weighted by molar-refractivity contribution is 7.99. The summed E-state index contributed by atoms with van der Waals surface area (Å²) in [4.78, 5) is 17.9. The Balaban J connectivity index is 1.43. The number of hydrogen-bond acceptors (Lipinski definition) is 4. The first kappa shape index (κ1) is 16.1. The Morgan fingerprint density at radius 1 is 1.00 bits per heavy atom. The summed E-state index contributed by atoms with van der Waals surface area (Å²) in [5.41, 5.74) is 0.928. The second-order valence-corrected chi connectivity index (χ2v) is 7.78. The number of fused-ring (bicyclic) bond motifs is 3. The molecule has 4 rings (SSSR count). The molecule has 0 aliphatic heterocycles. The number of nitrogens with zero attached hydrogens (tertiary/aromatic N) is 1. The van der Waals surface area contributed by atoms with E-state index in [9.17, 15) is 4.79 Å². The third-order valence-electron chi connectivity index (χ3n) is 3.87. The van der Waals surface area contributed by atoms with E-state index in [0.29, 0.717) is 11.6 Å². The zero-order valence-corrected chi connectivity index (χ0v) is 15.1. The molecule has 0 atom stereocenters. The van der Waals surface area contributed by atoms with Gasteiger partial charge < -0.3 is 5.32 Å². The van der Waals surface area contributed by atoms with Crippen molar-refractivity contribution in [2.45, 2.75) is 11.3 Å². The molecule has 0 saturated heterocycles. The smallest absolute Gasteiger partial charge is 0.226 e. The van der Waals surface area contributed by atoms with Crippen LogP contribution in [0.15, 0.2) is 71.6 Å². The van der Waals surface area contributed by atoms with Gasteiger partial charge in [0.1, 0.15) is 0 Å². The van der Waals surface area contributed by atoms with Crippen molar-refractivity contribution in [3.05, 3.63) is 66.7 Å². The van der Waals surface area contributed by atoms with Gasteiger partial charge >= 0.3 is 0 Å². The fourth-order valence-electron chi connectivity index (χ4n) is 2.67. The molecule has 0 radical (unpaired) electrons. The monoisotopic (exact) mass is 364 g/mol. The van der Waals surface area contributed by atoms with Crippen LogP contribution in [0.3, 0.4) is 0 Å². The predicted octanol–water partition coefficient (Wildman–Crippen LogP) is 5.57. The molecule has 1 aromatic heterocycles. The van der Waals surface area contributed by atoms with Crippen molar-refractivity contribution >= 4 is 55.1 Å². The number of thioether (sulfide) groups is 1. The summed E-state index contributed by atoms with van der Waals surface area (Å²) < 4.78 is 1.12. The SMILES string of the molecule is O=C(CCSc1ccccc1)Nc1nc2ccc3ccccc3c2s1. The van der Waals surface area contributed by atoms with E-state index >= 15 is 0 Å². The van der Waals surface area contributed by atoms with Gasteiger partial charge in [-0.05, 0) is 23.6 Å². The summed E-state index contributed by atoms with van der Waals surface area (Å²) in [7, 11) is 0. The van der Waals surface area contributed by atoms with Crippen LogP contribution in [0.5, 0.6) is 0 Å². The number of rotatable bonds is 5. The van der Waals surface area contributed by atoms with Crippen LogP contribution >= 0.6 is 23.1 Å². The van der Waals surface area contributed by atoms with Crippen molar-refractivity contribution in [1.29, 1.82) is 0 Å². The quantitative estimate of drug-likeness (QED) is 0.471. The average molecular weight is 364 g/mol. The molecule has 1 heterocycles. The Morgan fingerprint density at radius 2 is 1.80 bits per heavy atom. The number of thiazole rings is 1. The molecule has 0 fully saturated rings. The normalized spacial score (nSPS) is 11.0. The standard InChI is InChI=1S/C20H16N2OS2/c23-18(12-13-24-15-7-2-1-3-8-15)22-20-21-17-11-10-14-6-4-5-9-16(14)19(17)25-20/h1-11H,12-13H2,(H,21,22,23). The molecular formula is C20H16N2OS2. The van der Waals surface area contributed by atoms with Crippen molar-refractivity contribution in [3.63, 3.8) is 0 Å². The van der Waals surface area contributed by atoms with E-state index in [0.717, 1.165) is 16.0 Å². The van der Waals surface area contributed by atoms with E-state index in [1.54, 1.807) is 11.8 Å². The van der Waals surface area contributed by atoms with Crippen LogP contribution < -0.4 is 5.32 Å². The number of hydrogen-bond donors (Lipinski definition) is 1. The summed E-state index contributed by atoms with van der Waals surface area (Å²) in [6.45, 7) is 0. The Bertz CT molecular complexity index is 1030. The highest BCUT2D eigenvalue weighted by atomic mass is 32.2. The fraction of sp³-hybridized carbons (Fsp3) is 0.100. The molecule has 0 aliphatic rings. The van der Waals surface area contributed by atoms with Crippen molar-refractivity contribution < 1.29 is 4.79 Å². The largest absolute Gasteiger partial charge is 0.302 e. The molecule has 1 N–H and O–H groups in total. The molecule has 0 saturated carbocycles. The van der Waals surface area contributed by atoms with Gasteiger partial charge in [0.25, 0.3) is 0 Å². The van der Waals surface area contributed by atoms with E-state index < -0.39 is 0 Å². The lowest BCUT2D eigenvalue weighted by Crippen LogP contribution is -2.11. The molecule has 124 valence electrons. The maximum absolute atomic E-state index is 12.2. The lowest BCUT2D eigenvalue weighted by Gasteiger charge is -2.02. The van der Waals surface area contributed by atoms with Crippen molar-refractivity contribution in [3.8, 4) is 0 Å². The van der Waals surface area contributed by atoms with Crippen molar-refractivity contribution in [2.75, 3.05) is 11.1 Å². The van der Waals surface area contributed by atoms with Gasteiger partial charge in [-0.1, -0.05) is 59.9 Å². The first-order valence-electron chi connectivity index (χ1n) is 8.05. The van der Waals surface area contributed by atoms with Gasteiger partial charge in [0, 0.05) is 22.5 Å². The molecule has 0 spiro atoms. The second-order valence-electron chi connectivity index (χ2n) is 5.61. The zero-order chi connectivity index (χ0) is 17.1.